The molecule has 28 heavy (non-hydrogen) atoms. The number of hydrogen-bond donors (Lipinski definition) is 2. The van der Waals surface area contributed by atoms with Crippen molar-refractivity contribution in [3.8, 4) is 0 Å². The van der Waals surface area contributed by atoms with Gasteiger partial charge in [-0.3, -0.25) is 0 Å². The minimum Gasteiger partial charge on any atom is -0.501 e. The van der Waals surface area contributed by atoms with Crippen LogP contribution in [0.25, 0.3) is 0 Å². The van der Waals surface area contributed by atoms with Crippen LogP contribution in [0.3, 0.4) is 0 Å². The lowest BCUT2D eigenvalue weighted by Crippen LogP contribution is -2.64. The van der Waals surface area contributed by atoms with Crippen LogP contribution in [0.4, 0.5) is 0 Å². The Kier molecular flexibility index (Phi) is 4.56. The molecule has 2 fully saturated rings. The van der Waals surface area contributed by atoms with Crippen LogP contribution < -0.4 is 0 Å². The Bertz CT molecular complexity index is 739. The highest BCUT2D eigenvalue weighted by molar-refractivity contribution is 5.40. The highest BCUT2D eigenvalue weighted by atomic mass is 16.5. The molecule has 156 valence electrons. The summed E-state index contributed by atoms with van der Waals surface area (Å²) in [5.41, 5.74) is -1.08. The summed E-state index contributed by atoms with van der Waals surface area (Å²) >= 11 is 0. The van der Waals surface area contributed by atoms with Gasteiger partial charge in [-0.05, 0) is 68.9 Å². The quantitative estimate of drug-likeness (QED) is 0.697. The second-order valence-corrected chi connectivity index (χ2v) is 9.85. The Morgan fingerprint density at radius 1 is 1.18 bits per heavy atom. The van der Waals surface area contributed by atoms with Crippen molar-refractivity contribution >= 4 is 0 Å². The lowest BCUT2D eigenvalue weighted by Gasteiger charge is -2.62. The summed E-state index contributed by atoms with van der Waals surface area (Å²) in [7, 11) is 1.73. The maximum Gasteiger partial charge on any atom is 0.126 e. The first-order valence-electron chi connectivity index (χ1n) is 10.9. The minimum absolute atomic E-state index is 0.154. The maximum absolute atomic E-state index is 12.1. The Balaban J connectivity index is 1.72. The minimum atomic E-state index is -1.00. The van der Waals surface area contributed by atoms with Crippen LogP contribution in [0, 0.1) is 22.7 Å². The third-order valence-electron chi connectivity index (χ3n) is 9.12. The zero-order valence-corrected chi connectivity index (χ0v) is 17.9. The first-order chi connectivity index (χ1) is 13.2. The van der Waals surface area contributed by atoms with Crippen LogP contribution in [-0.2, 0) is 9.47 Å². The molecule has 0 bridgehead atoms. The number of hydrogen-bond acceptors (Lipinski definition) is 4. The van der Waals surface area contributed by atoms with E-state index in [1.165, 1.54) is 5.57 Å². The lowest BCUT2D eigenvalue weighted by molar-refractivity contribution is -0.201. The molecule has 0 amide bonds. The molecule has 0 aliphatic heterocycles. The van der Waals surface area contributed by atoms with E-state index in [1.54, 1.807) is 7.11 Å². The predicted octanol–water partition coefficient (Wildman–Crippen LogP) is 4.49. The Morgan fingerprint density at radius 3 is 2.61 bits per heavy atom. The van der Waals surface area contributed by atoms with Crippen molar-refractivity contribution in [2.45, 2.75) is 76.9 Å². The first kappa shape index (κ1) is 20.0. The van der Waals surface area contributed by atoms with Crippen molar-refractivity contribution in [1.82, 2.24) is 0 Å². The van der Waals surface area contributed by atoms with E-state index in [2.05, 4.69) is 32.6 Å². The molecule has 4 aliphatic carbocycles. The summed E-state index contributed by atoms with van der Waals surface area (Å²) in [6, 6.07) is 0. The summed E-state index contributed by atoms with van der Waals surface area (Å²) < 4.78 is 11.2. The number of allylic oxidation sites excluding steroid dienone is 3. The van der Waals surface area contributed by atoms with Crippen LogP contribution in [0.1, 0.15) is 65.7 Å². The van der Waals surface area contributed by atoms with Crippen LogP contribution >= 0.6 is 0 Å². The van der Waals surface area contributed by atoms with Crippen LogP contribution in [-0.4, -0.2) is 35.1 Å². The maximum atomic E-state index is 12.1. The van der Waals surface area contributed by atoms with E-state index < -0.39 is 11.2 Å². The molecule has 0 unspecified atom stereocenters. The number of rotatable bonds is 4. The molecule has 0 aromatic rings. The Morgan fingerprint density at radius 2 is 1.93 bits per heavy atom. The predicted molar refractivity (Wildman–Crippen MR) is 109 cm³/mol. The molecular formula is C24H36O4. The largest absolute Gasteiger partial charge is 0.501 e. The fourth-order valence-corrected chi connectivity index (χ4v) is 7.16. The topological polar surface area (TPSA) is 58.9 Å². The van der Waals surface area contributed by atoms with Gasteiger partial charge in [-0.2, -0.15) is 0 Å². The molecule has 0 radical (unpaired) electrons. The van der Waals surface area contributed by atoms with Gasteiger partial charge in [0.2, 0.25) is 0 Å². The van der Waals surface area contributed by atoms with Crippen molar-refractivity contribution in [2.24, 2.45) is 22.7 Å². The van der Waals surface area contributed by atoms with Crippen molar-refractivity contribution in [2.75, 3.05) is 13.7 Å². The smallest absolute Gasteiger partial charge is 0.126 e. The molecule has 2 saturated carbocycles. The molecule has 0 aromatic heterocycles. The van der Waals surface area contributed by atoms with Crippen LogP contribution in [0.5, 0.6) is 0 Å². The number of fused-ring (bicyclic) bond motifs is 5. The van der Waals surface area contributed by atoms with Gasteiger partial charge < -0.3 is 19.7 Å². The molecular weight excluding hydrogens is 352 g/mol. The Hall–Kier alpha value is -1.26. The summed E-state index contributed by atoms with van der Waals surface area (Å²) in [5, 5.41) is 23.8. The average molecular weight is 389 g/mol. The number of ether oxygens (including phenoxy) is 2. The monoisotopic (exact) mass is 388 g/mol. The van der Waals surface area contributed by atoms with E-state index in [9.17, 15) is 10.2 Å². The zero-order chi connectivity index (χ0) is 20.4. The van der Waals surface area contributed by atoms with Gasteiger partial charge in [0.1, 0.15) is 11.4 Å². The van der Waals surface area contributed by atoms with Gasteiger partial charge in [0.25, 0.3) is 0 Å². The van der Waals surface area contributed by atoms with Gasteiger partial charge >= 0.3 is 0 Å². The molecule has 4 aliphatic rings. The summed E-state index contributed by atoms with van der Waals surface area (Å²) in [6.07, 6.45) is 10.2. The second-order valence-electron chi connectivity index (χ2n) is 9.85. The number of methoxy groups -OCH3 is 1. The third kappa shape index (κ3) is 2.31. The van der Waals surface area contributed by atoms with E-state index >= 15 is 0 Å². The molecule has 0 heterocycles. The van der Waals surface area contributed by atoms with E-state index in [4.69, 9.17) is 9.47 Å². The molecule has 4 rings (SSSR count). The molecule has 2 N–H and O–H groups in total. The molecule has 4 nitrogen and oxygen atoms in total. The van der Waals surface area contributed by atoms with Gasteiger partial charge in [0.05, 0.1) is 25.1 Å². The summed E-state index contributed by atoms with van der Waals surface area (Å²) in [5.74, 6) is 1.93. The standard InChI is InChI=1S/C24H36O4/c1-6-28-16(2)23(25)12-10-19-20-8-7-17-15-18(27-5)9-11-21(17,3)24(20,26)14-13-22(19,23)4/h7,15,19-20,25-26H,2,6,8-14H2,1,3-5H3/t19-,20-,21-,22-,23+,24+/m0/s1. The SMILES string of the molecule is C=C(OCC)[C@]1(O)CC[C@H]2[C@@H]3CC=C4C=C(OC)CC[C@]4(C)[C@@]3(O)CC[C@@]21C. The van der Waals surface area contributed by atoms with Crippen molar-refractivity contribution in [3.05, 3.63) is 35.8 Å². The molecule has 0 saturated heterocycles. The molecule has 0 spiro atoms. The van der Waals surface area contributed by atoms with E-state index in [0.717, 1.165) is 37.9 Å². The van der Waals surface area contributed by atoms with Gasteiger partial charge in [-0.1, -0.05) is 26.5 Å². The third-order valence-corrected chi connectivity index (χ3v) is 9.12. The van der Waals surface area contributed by atoms with Gasteiger partial charge in [-0.15, -0.1) is 0 Å². The van der Waals surface area contributed by atoms with Crippen molar-refractivity contribution in [1.29, 1.82) is 0 Å². The van der Waals surface area contributed by atoms with Gasteiger partial charge in [0.15, 0.2) is 0 Å². The fourth-order valence-electron chi connectivity index (χ4n) is 7.16. The van der Waals surface area contributed by atoms with Crippen molar-refractivity contribution in [3.63, 3.8) is 0 Å². The lowest BCUT2D eigenvalue weighted by atomic mass is 9.45. The summed E-state index contributed by atoms with van der Waals surface area (Å²) in [6.45, 7) is 11.0. The van der Waals surface area contributed by atoms with Crippen LogP contribution in [0.15, 0.2) is 35.8 Å². The fraction of sp³-hybridized carbons (Fsp3) is 0.750. The second kappa shape index (κ2) is 6.37. The molecule has 6 atom stereocenters. The average Bonchev–Trinajstić information content (AvgIpc) is 2.95. The normalized spacial score (nSPS) is 47.2. The van der Waals surface area contributed by atoms with Crippen molar-refractivity contribution < 1.29 is 19.7 Å². The van der Waals surface area contributed by atoms with E-state index in [-0.39, 0.29) is 22.7 Å². The number of aliphatic hydroxyl groups is 2. The molecule has 4 heteroatoms. The zero-order valence-electron chi connectivity index (χ0n) is 17.9. The van der Waals surface area contributed by atoms with E-state index in [0.29, 0.717) is 25.2 Å². The highest BCUT2D eigenvalue weighted by Crippen LogP contribution is 2.69. The highest BCUT2D eigenvalue weighted by Gasteiger charge is 2.69. The first-order valence-corrected chi connectivity index (χ1v) is 10.9. The molecule has 0 aromatic carbocycles. The Labute approximate surface area is 169 Å². The van der Waals surface area contributed by atoms with Gasteiger partial charge in [-0.25, -0.2) is 0 Å². The van der Waals surface area contributed by atoms with Crippen LogP contribution in [0.2, 0.25) is 0 Å². The van der Waals surface area contributed by atoms with E-state index in [1.807, 2.05) is 6.92 Å². The van der Waals surface area contributed by atoms with Gasteiger partial charge in [0, 0.05) is 17.3 Å². The summed E-state index contributed by atoms with van der Waals surface area (Å²) in [4.78, 5) is 0.